The van der Waals surface area contributed by atoms with Crippen LogP contribution in [0.15, 0.2) is 0 Å². The maximum Gasteiger partial charge on any atom is 0.209 e. The molecule has 0 saturated carbocycles. The van der Waals surface area contributed by atoms with Gasteiger partial charge in [-0.1, -0.05) is 6.92 Å². The summed E-state index contributed by atoms with van der Waals surface area (Å²) in [5, 5.41) is 8.05. The van der Waals surface area contributed by atoms with E-state index in [1.54, 1.807) is 0 Å². The Morgan fingerprint density at radius 3 is 2.55 bits per heavy atom. The number of primary sulfonamides is 1. The summed E-state index contributed by atoms with van der Waals surface area (Å²) in [6.07, 6.45) is 0. The van der Waals surface area contributed by atoms with Crippen molar-refractivity contribution in [1.82, 2.24) is 5.32 Å². The van der Waals surface area contributed by atoms with Gasteiger partial charge in [-0.2, -0.15) is 0 Å². The molecule has 11 heavy (non-hydrogen) atoms. The molecule has 0 unspecified atom stereocenters. The van der Waals surface area contributed by atoms with E-state index in [2.05, 4.69) is 5.32 Å². The van der Waals surface area contributed by atoms with Crippen LogP contribution in [0, 0.1) is 11.8 Å². The minimum Gasteiger partial charge on any atom is -0.316 e. The smallest absolute Gasteiger partial charge is 0.209 e. The predicted molar refractivity (Wildman–Crippen MR) is 43.5 cm³/mol. The number of hydrogen-bond donors (Lipinski definition) is 2. The van der Waals surface area contributed by atoms with Crippen molar-refractivity contribution in [1.29, 1.82) is 0 Å². The Morgan fingerprint density at radius 1 is 1.55 bits per heavy atom. The van der Waals surface area contributed by atoms with E-state index in [1.165, 1.54) is 0 Å². The highest BCUT2D eigenvalue weighted by Gasteiger charge is 2.26. The van der Waals surface area contributed by atoms with Crippen molar-refractivity contribution in [3.05, 3.63) is 0 Å². The molecule has 0 aliphatic carbocycles. The number of hydrogen-bond acceptors (Lipinski definition) is 3. The third-order valence-electron chi connectivity index (χ3n) is 2.12. The Bertz CT molecular complexity index is 225. The molecule has 1 aliphatic rings. The highest BCUT2D eigenvalue weighted by atomic mass is 32.2. The van der Waals surface area contributed by atoms with Crippen LogP contribution in [0.2, 0.25) is 0 Å². The van der Waals surface area contributed by atoms with Crippen LogP contribution in [0.4, 0.5) is 0 Å². The fourth-order valence-electron chi connectivity index (χ4n) is 1.39. The van der Waals surface area contributed by atoms with Crippen LogP contribution in [0.25, 0.3) is 0 Å². The fourth-order valence-corrected chi connectivity index (χ4v) is 2.43. The molecule has 1 aliphatic heterocycles. The molecule has 3 N–H and O–H groups in total. The van der Waals surface area contributed by atoms with E-state index in [-0.39, 0.29) is 11.7 Å². The summed E-state index contributed by atoms with van der Waals surface area (Å²) in [5.74, 6) is 0.736. The monoisotopic (exact) mass is 178 g/mol. The second-order valence-electron chi connectivity index (χ2n) is 3.23. The molecule has 0 bridgehead atoms. The molecule has 1 rings (SSSR count). The Kier molecular flexibility index (Phi) is 2.51. The van der Waals surface area contributed by atoms with E-state index < -0.39 is 10.0 Å². The highest BCUT2D eigenvalue weighted by molar-refractivity contribution is 7.89. The van der Waals surface area contributed by atoms with Crippen LogP contribution in [-0.4, -0.2) is 27.3 Å². The van der Waals surface area contributed by atoms with Gasteiger partial charge in [0.1, 0.15) is 0 Å². The van der Waals surface area contributed by atoms with Crippen molar-refractivity contribution in [2.75, 3.05) is 18.8 Å². The molecule has 4 nitrogen and oxygen atoms in total. The van der Waals surface area contributed by atoms with E-state index in [1.807, 2.05) is 6.92 Å². The van der Waals surface area contributed by atoms with Crippen LogP contribution in [-0.2, 0) is 10.0 Å². The molecule has 1 saturated heterocycles. The number of rotatable bonds is 2. The van der Waals surface area contributed by atoms with Crippen molar-refractivity contribution in [3.8, 4) is 0 Å². The maximum atomic E-state index is 10.7. The van der Waals surface area contributed by atoms with Crippen molar-refractivity contribution in [2.24, 2.45) is 17.0 Å². The number of nitrogens with one attached hydrogen (secondary N) is 1. The topological polar surface area (TPSA) is 72.2 Å². The Hall–Kier alpha value is -0.130. The minimum atomic E-state index is -3.28. The fraction of sp³-hybridized carbons (Fsp3) is 1.00. The molecular weight excluding hydrogens is 164 g/mol. The second-order valence-corrected chi connectivity index (χ2v) is 4.88. The van der Waals surface area contributed by atoms with Gasteiger partial charge in [0.05, 0.1) is 5.75 Å². The molecule has 66 valence electrons. The van der Waals surface area contributed by atoms with Gasteiger partial charge >= 0.3 is 0 Å². The van der Waals surface area contributed by atoms with Crippen LogP contribution in [0.5, 0.6) is 0 Å². The average molecular weight is 178 g/mol. The summed E-state index contributed by atoms with van der Waals surface area (Å²) >= 11 is 0. The van der Waals surface area contributed by atoms with Crippen molar-refractivity contribution in [3.63, 3.8) is 0 Å². The van der Waals surface area contributed by atoms with E-state index in [9.17, 15) is 8.42 Å². The van der Waals surface area contributed by atoms with Gasteiger partial charge in [-0.3, -0.25) is 0 Å². The van der Waals surface area contributed by atoms with Gasteiger partial charge in [0, 0.05) is 0 Å². The third kappa shape index (κ3) is 2.76. The zero-order valence-corrected chi connectivity index (χ0v) is 7.39. The zero-order valence-electron chi connectivity index (χ0n) is 6.58. The van der Waals surface area contributed by atoms with Crippen molar-refractivity contribution < 1.29 is 8.42 Å². The first-order chi connectivity index (χ1) is 4.99. The average Bonchev–Trinajstić information content (AvgIpc) is 2.12. The summed E-state index contributed by atoms with van der Waals surface area (Å²) in [5.41, 5.74) is 0. The van der Waals surface area contributed by atoms with Gasteiger partial charge in [-0.05, 0) is 24.9 Å². The summed E-state index contributed by atoms with van der Waals surface area (Å²) in [6, 6.07) is 0. The Balaban J connectivity index is 2.50. The van der Waals surface area contributed by atoms with E-state index in [0.29, 0.717) is 5.92 Å². The lowest BCUT2D eigenvalue weighted by Crippen LogP contribution is -2.26. The van der Waals surface area contributed by atoms with Crippen LogP contribution in [0.3, 0.4) is 0 Å². The molecule has 0 aromatic carbocycles. The van der Waals surface area contributed by atoms with Crippen molar-refractivity contribution in [2.45, 2.75) is 6.92 Å². The SMILES string of the molecule is C[C@@H]1CNC[C@H]1CS(N)(=O)=O. The quantitative estimate of drug-likeness (QED) is 0.577. The molecule has 1 heterocycles. The first kappa shape index (κ1) is 8.96. The maximum absolute atomic E-state index is 10.7. The lowest BCUT2D eigenvalue weighted by atomic mass is 10.0. The number of sulfonamides is 1. The molecular formula is C6H14N2O2S. The van der Waals surface area contributed by atoms with E-state index >= 15 is 0 Å². The van der Waals surface area contributed by atoms with Gasteiger partial charge in [-0.25, -0.2) is 13.6 Å². The molecule has 2 atom stereocenters. The van der Waals surface area contributed by atoms with Crippen LogP contribution in [0.1, 0.15) is 6.92 Å². The molecule has 5 heteroatoms. The Morgan fingerprint density at radius 2 is 2.18 bits per heavy atom. The first-order valence-corrected chi connectivity index (χ1v) is 5.42. The predicted octanol–water partition coefficient (Wildman–Crippen LogP) is -0.870. The van der Waals surface area contributed by atoms with Gasteiger partial charge in [0.2, 0.25) is 10.0 Å². The van der Waals surface area contributed by atoms with Crippen LogP contribution >= 0.6 is 0 Å². The lowest BCUT2D eigenvalue weighted by Gasteiger charge is -2.11. The van der Waals surface area contributed by atoms with E-state index in [4.69, 9.17) is 5.14 Å². The highest BCUT2D eigenvalue weighted by Crippen LogP contribution is 2.16. The van der Waals surface area contributed by atoms with Gasteiger partial charge in [0.25, 0.3) is 0 Å². The van der Waals surface area contributed by atoms with E-state index in [0.717, 1.165) is 13.1 Å². The summed E-state index contributed by atoms with van der Waals surface area (Å²) in [4.78, 5) is 0. The molecule has 0 aromatic heterocycles. The summed E-state index contributed by atoms with van der Waals surface area (Å²) < 4.78 is 21.4. The third-order valence-corrected chi connectivity index (χ3v) is 3.02. The second kappa shape index (κ2) is 3.08. The first-order valence-electron chi connectivity index (χ1n) is 3.70. The van der Waals surface area contributed by atoms with Gasteiger partial charge < -0.3 is 5.32 Å². The summed E-state index contributed by atoms with van der Waals surface area (Å²) in [7, 11) is -3.28. The standard InChI is InChI=1S/C6H14N2O2S/c1-5-2-8-3-6(5)4-11(7,9)10/h5-6,8H,2-4H2,1H3,(H2,7,9,10)/t5-,6+/m1/s1. The molecule has 0 amide bonds. The molecule has 0 aromatic rings. The molecule has 0 radical (unpaired) electrons. The Labute approximate surface area is 67.2 Å². The lowest BCUT2D eigenvalue weighted by molar-refractivity contribution is 0.486. The van der Waals surface area contributed by atoms with Gasteiger partial charge in [0.15, 0.2) is 0 Å². The largest absolute Gasteiger partial charge is 0.316 e. The van der Waals surface area contributed by atoms with Crippen LogP contribution < -0.4 is 10.5 Å². The molecule has 1 fully saturated rings. The molecule has 0 spiro atoms. The minimum absolute atomic E-state index is 0.112. The van der Waals surface area contributed by atoms with Gasteiger partial charge in [-0.15, -0.1) is 0 Å². The summed E-state index contributed by atoms with van der Waals surface area (Å²) in [6.45, 7) is 3.72. The normalized spacial score (nSPS) is 32.5. The zero-order chi connectivity index (χ0) is 8.48. The van der Waals surface area contributed by atoms with Crippen molar-refractivity contribution >= 4 is 10.0 Å². The number of nitrogens with two attached hydrogens (primary N) is 1.